The largest absolute Gasteiger partial charge is 0.395 e. The monoisotopic (exact) mass is 474 g/mol. The van der Waals surface area contributed by atoms with Gasteiger partial charge in [0, 0.05) is 28.9 Å². The number of piperidine rings is 1. The molecule has 0 amide bonds. The maximum atomic E-state index is 16.6. The first kappa shape index (κ1) is 23.5. The lowest BCUT2D eigenvalue weighted by atomic mass is 9.84. The van der Waals surface area contributed by atoms with E-state index < -0.39 is 0 Å². The summed E-state index contributed by atoms with van der Waals surface area (Å²) in [5.74, 6) is -0.208. The summed E-state index contributed by atoms with van der Waals surface area (Å²) in [5.41, 5.74) is 3.61. The zero-order valence-electron chi connectivity index (χ0n) is 20.5. The van der Waals surface area contributed by atoms with Crippen LogP contribution in [0.4, 0.5) is 4.39 Å². The number of nitriles is 1. The van der Waals surface area contributed by atoms with Gasteiger partial charge in [-0.05, 0) is 81.4 Å². The van der Waals surface area contributed by atoms with Crippen LogP contribution in [-0.4, -0.2) is 45.8 Å². The molecule has 1 fully saturated rings. The number of aromatic nitrogens is 2. The minimum atomic E-state index is -0.288. The molecular formula is C28H31FN4O2. The highest BCUT2D eigenvalue weighted by atomic mass is 19.1. The van der Waals surface area contributed by atoms with Crippen molar-refractivity contribution in [2.75, 3.05) is 26.2 Å². The Balaban J connectivity index is 1.81. The number of β-amino-alcohol motifs (C(OH)–C–C–N with tert-alkyl or cyclic N) is 1. The van der Waals surface area contributed by atoms with E-state index in [-0.39, 0.29) is 29.8 Å². The van der Waals surface area contributed by atoms with E-state index >= 15 is 4.39 Å². The van der Waals surface area contributed by atoms with Crippen LogP contribution in [0.2, 0.25) is 0 Å². The van der Waals surface area contributed by atoms with E-state index in [1.165, 1.54) is 0 Å². The lowest BCUT2D eigenvalue weighted by molar-refractivity contribution is 0.163. The molecule has 2 N–H and O–H groups in total. The van der Waals surface area contributed by atoms with E-state index in [0.29, 0.717) is 46.0 Å². The molecule has 6 nitrogen and oxygen atoms in total. The molecule has 0 bridgehead atoms. The molecule has 0 aliphatic carbocycles. The van der Waals surface area contributed by atoms with Gasteiger partial charge in [0.15, 0.2) is 11.2 Å². The minimum Gasteiger partial charge on any atom is -0.395 e. The Morgan fingerprint density at radius 3 is 2.60 bits per heavy atom. The quantitative estimate of drug-likeness (QED) is 0.428. The second kappa shape index (κ2) is 9.10. The van der Waals surface area contributed by atoms with Crippen LogP contribution in [-0.2, 0) is 6.42 Å². The van der Waals surface area contributed by atoms with Gasteiger partial charge >= 0.3 is 0 Å². The molecule has 35 heavy (non-hydrogen) atoms. The zero-order chi connectivity index (χ0) is 24.9. The summed E-state index contributed by atoms with van der Waals surface area (Å²) >= 11 is 0. The number of aryl methyl sites for hydroxylation is 1. The van der Waals surface area contributed by atoms with E-state index in [1.807, 2.05) is 31.4 Å². The van der Waals surface area contributed by atoms with E-state index in [4.69, 9.17) is 0 Å². The van der Waals surface area contributed by atoms with Crippen LogP contribution in [0.25, 0.3) is 32.8 Å². The van der Waals surface area contributed by atoms with Crippen molar-refractivity contribution < 1.29 is 9.50 Å². The smallest absolute Gasteiger partial charge is 0.199 e. The number of halogens is 1. The highest BCUT2D eigenvalue weighted by molar-refractivity contribution is 6.10. The summed E-state index contributed by atoms with van der Waals surface area (Å²) in [5, 5.41) is 20.3. The second-order valence-corrected chi connectivity index (χ2v) is 9.87. The van der Waals surface area contributed by atoms with Crippen molar-refractivity contribution in [3.8, 4) is 6.07 Å². The number of benzene rings is 2. The Bertz CT molecular complexity index is 1530. The molecule has 2 aromatic carbocycles. The fourth-order valence-electron chi connectivity index (χ4n) is 5.86. The number of aliphatic hydroxyl groups is 1. The van der Waals surface area contributed by atoms with Crippen LogP contribution in [0.3, 0.4) is 0 Å². The molecule has 2 aromatic heterocycles. The highest BCUT2D eigenvalue weighted by Crippen LogP contribution is 2.38. The summed E-state index contributed by atoms with van der Waals surface area (Å²) < 4.78 is 18.5. The number of rotatable bonds is 5. The molecule has 4 aromatic rings. The molecule has 5 rings (SSSR count). The molecule has 0 saturated carbocycles. The van der Waals surface area contributed by atoms with Gasteiger partial charge in [0.05, 0.1) is 29.1 Å². The third kappa shape index (κ3) is 3.72. The molecule has 0 spiro atoms. The number of likely N-dealkylation sites (tertiary alicyclic amines) is 1. The standard InChI is InChI=1S/C28H31FN4O2/c1-4-18-14-21-26(25(29)23(18)19-7-9-32(10-8-19)11-12-34)33(16(2)3)28-24(27(21)35)20-6-5-17(15-30)13-22(20)31-28/h5-6,13-14,16,19,31,34H,4,7-12H2,1-3H3. The second-order valence-electron chi connectivity index (χ2n) is 9.87. The number of fused-ring (bicyclic) bond motifs is 4. The molecule has 1 aliphatic rings. The van der Waals surface area contributed by atoms with Gasteiger partial charge in [-0.3, -0.25) is 4.79 Å². The molecule has 0 radical (unpaired) electrons. The maximum Gasteiger partial charge on any atom is 0.199 e. The van der Waals surface area contributed by atoms with Gasteiger partial charge in [0.2, 0.25) is 0 Å². The Morgan fingerprint density at radius 2 is 1.97 bits per heavy atom. The molecule has 3 heterocycles. The molecule has 1 aliphatic heterocycles. The number of aliphatic hydroxyl groups excluding tert-OH is 1. The first-order chi connectivity index (χ1) is 16.9. The van der Waals surface area contributed by atoms with Crippen molar-refractivity contribution in [2.45, 2.75) is 52.0 Å². The number of hydrogen-bond donors (Lipinski definition) is 2. The van der Waals surface area contributed by atoms with Crippen LogP contribution in [0.1, 0.15) is 62.3 Å². The Hall–Kier alpha value is -3.21. The summed E-state index contributed by atoms with van der Waals surface area (Å²) in [4.78, 5) is 19.4. The van der Waals surface area contributed by atoms with E-state index in [0.717, 1.165) is 42.4 Å². The zero-order valence-corrected chi connectivity index (χ0v) is 20.5. The van der Waals surface area contributed by atoms with Crippen LogP contribution in [0, 0.1) is 17.1 Å². The van der Waals surface area contributed by atoms with E-state index in [2.05, 4.69) is 16.0 Å². The number of pyridine rings is 1. The summed E-state index contributed by atoms with van der Waals surface area (Å²) in [6, 6.07) is 9.22. The van der Waals surface area contributed by atoms with Gasteiger partial charge in [-0.15, -0.1) is 0 Å². The van der Waals surface area contributed by atoms with Crippen LogP contribution >= 0.6 is 0 Å². The predicted molar refractivity (Wildman–Crippen MR) is 138 cm³/mol. The Labute approximate surface area is 203 Å². The van der Waals surface area contributed by atoms with Crippen LogP contribution in [0.15, 0.2) is 29.1 Å². The SMILES string of the molecule is CCc1cc2c(=O)c3c4ccc(C#N)cc4[nH]c3n(C(C)C)c2c(F)c1C1CCN(CCO)CC1. The predicted octanol–water partition coefficient (Wildman–Crippen LogP) is 4.96. The van der Waals surface area contributed by atoms with Gasteiger partial charge in [0.25, 0.3) is 0 Å². The van der Waals surface area contributed by atoms with Crippen LogP contribution < -0.4 is 5.43 Å². The molecule has 0 atom stereocenters. The fourth-order valence-corrected chi connectivity index (χ4v) is 5.86. The molecule has 0 unspecified atom stereocenters. The third-order valence-electron chi connectivity index (χ3n) is 7.53. The highest BCUT2D eigenvalue weighted by Gasteiger charge is 2.29. The van der Waals surface area contributed by atoms with Gasteiger partial charge in [-0.2, -0.15) is 5.26 Å². The van der Waals surface area contributed by atoms with Gasteiger partial charge in [-0.1, -0.05) is 13.0 Å². The van der Waals surface area contributed by atoms with Crippen molar-refractivity contribution in [2.24, 2.45) is 0 Å². The van der Waals surface area contributed by atoms with Gasteiger partial charge < -0.3 is 19.6 Å². The lowest BCUT2D eigenvalue weighted by Gasteiger charge is -2.33. The van der Waals surface area contributed by atoms with E-state index in [1.54, 1.807) is 18.2 Å². The molecule has 1 saturated heterocycles. The van der Waals surface area contributed by atoms with Crippen molar-refractivity contribution >= 4 is 32.8 Å². The average molecular weight is 475 g/mol. The number of H-pyrrole nitrogens is 1. The van der Waals surface area contributed by atoms with Gasteiger partial charge in [0.1, 0.15) is 5.65 Å². The number of nitrogens with zero attached hydrogens (tertiary/aromatic N) is 3. The van der Waals surface area contributed by atoms with Crippen molar-refractivity contribution in [1.29, 1.82) is 5.26 Å². The molecule has 182 valence electrons. The summed E-state index contributed by atoms with van der Waals surface area (Å²) in [7, 11) is 0. The topological polar surface area (TPSA) is 85.0 Å². The van der Waals surface area contributed by atoms with Crippen molar-refractivity contribution in [1.82, 2.24) is 14.5 Å². The first-order valence-electron chi connectivity index (χ1n) is 12.5. The fraction of sp³-hybridized carbons (Fsp3) is 0.429. The maximum absolute atomic E-state index is 16.6. The van der Waals surface area contributed by atoms with E-state index in [9.17, 15) is 15.2 Å². The normalized spacial score (nSPS) is 15.6. The molecular weight excluding hydrogens is 443 g/mol. The molecule has 7 heteroatoms. The first-order valence-corrected chi connectivity index (χ1v) is 12.5. The van der Waals surface area contributed by atoms with Crippen molar-refractivity contribution in [3.63, 3.8) is 0 Å². The van der Waals surface area contributed by atoms with Gasteiger partial charge in [-0.25, -0.2) is 4.39 Å². The van der Waals surface area contributed by atoms with Crippen molar-refractivity contribution in [3.05, 3.63) is 57.0 Å². The number of nitrogens with one attached hydrogen (secondary N) is 1. The Kier molecular flexibility index (Phi) is 6.12. The van der Waals surface area contributed by atoms with Crippen LogP contribution in [0.5, 0.6) is 0 Å². The number of aromatic amines is 1. The minimum absolute atomic E-state index is 0.0802. The summed E-state index contributed by atoms with van der Waals surface area (Å²) in [6.07, 6.45) is 2.30. The lowest BCUT2D eigenvalue weighted by Crippen LogP contribution is -2.35. The average Bonchev–Trinajstić information content (AvgIpc) is 3.23. The summed E-state index contributed by atoms with van der Waals surface area (Å²) in [6.45, 7) is 8.43. The number of hydrogen-bond acceptors (Lipinski definition) is 4. The third-order valence-corrected chi connectivity index (χ3v) is 7.53. The Morgan fingerprint density at radius 1 is 1.23 bits per heavy atom.